The summed E-state index contributed by atoms with van der Waals surface area (Å²) < 4.78 is 0. The van der Waals surface area contributed by atoms with Gasteiger partial charge in [-0.2, -0.15) is 0 Å². The highest BCUT2D eigenvalue weighted by Crippen LogP contribution is 2.15. The van der Waals surface area contributed by atoms with Crippen molar-refractivity contribution in [2.75, 3.05) is 26.0 Å². The van der Waals surface area contributed by atoms with Gasteiger partial charge in [0.15, 0.2) is 0 Å². The summed E-state index contributed by atoms with van der Waals surface area (Å²) in [5.74, 6) is 0.490. The number of hydrogen-bond donors (Lipinski definition) is 1. The fourth-order valence-corrected chi connectivity index (χ4v) is 1.57. The molecular formula is C12H20N4O. The average molecular weight is 236 g/mol. The van der Waals surface area contributed by atoms with Crippen molar-refractivity contribution in [2.45, 2.75) is 20.8 Å². The number of aromatic nitrogens is 2. The molecule has 5 nitrogen and oxygen atoms in total. The second-order valence-corrected chi connectivity index (χ2v) is 5.26. The van der Waals surface area contributed by atoms with Crippen LogP contribution < -0.4 is 5.32 Å². The lowest BCUT2D eigenvalue weighted by molar-refractivity contribution is 0.0739. The summed E-state index contributed by atoms with van der Waals surface area (Å²) in [7, 11) is 3.53. The fourth-order valence-electron chi connectivity index (χ4n) is 1.57. The Hall–Kier alpha value is -1.65. The lowest BCUT2D eigenvalue weighted by Gasteiger charge is -2.26. The Morgan fingerprint density at radius 1 is 1.41 bits per heavy atom. The van der Waals surface area contributed by atoms with Crippen LogP contribution in [0.1, 0.15) is 31.3 Å². The molecule has 17 heavy (non-hydrogen) atoms. The molecule has 0 atom stereocenters. The number of carbonyl (C=O) groups is 1. The van der Waals surface area contributed by atoms with E-state index in [0.29, 0.717) is 18.1 Å². The van der Waals surface area contributed by atoms with Crippen LogP contribution in [0.3, 0.4) is 0 Å². The summed E-state index contributed by atoms with van der Waals surface area (Å²) in [5.41, 5.74) is 0.432. The smallest absolute Gasteiger partial charge is 0.273 e. The molecule has 0 saturated heterocycles. The van der Waals surface area contributed by atoms with Gasteiger partial charge in [0, 0.05) is 20.6 Å². The van der Waals surface area contributed by atoms with Gasteiger partial charge in [-0.1, -0.05) is 20.8 Å². The number of nitrogens with one attached hydrogen (secondary N) is 1. The van der Waals surface area contributed by atoms with Crippen molar-refractivity contribution in [1.29, 1.82) is 0 Å². The first-order chi connectivity index (χ1) is 7.83. The van der Waals surface area contributed by atoms with Crippen molar-refractivity contribution in [1.82, 2.24) is 14.9 Å². The van der Waals surface area contributed by atoms with Crippen LogP contribution in [0.2, 0.25) is 0 Å². The molecule has 0 radical (unpaired) electrons. The number of nitrogens with zero attached hydrogens (tertiary/aromatic N) is 3. The quantitative estimate of drug-likeness (QED) is 0.866. The van der Waals surface area contributed by atoms with Gasteiger partial charge in [-0.3, -0.25) is 9.78 Å². The number of carbonyl (C=O) groups excluding carboxylic acids is 1. The van der Waals surface area contributed by atoms with E-state index in [1.807, 2.05) is 0 Å². The van der Waals surface area contributed by atoms with Crippen LogP contribution in [0, 0.1) is 5.41 Å². The topological polar surface area (TPSA) is 58.1 Å². The molecule has 1 rings (SSSR count). The molecule has 1 aromatic heterocycles. The van der Waals surface area contributed by atoms with Crippen LogP contribution in [-0.4, -0.2) is 41.4 Å². The predicted molar refractivity (Wildman–Crippen MR) is 68.0 cm³/mol. The van der Waals surface area contributed by atoms with E-state index in [4.69, 9.17) is 0 Å². The Morgan fingerprint density at radius 2 is 2.06 bits per heavy atom. The Kier molecular flexibility index (Phi) is 4.04. The van der Waals surface area contributed by atoms with E-state index in [2.05, 4.69) is 36.1 Å². The molecule has 1 amide bonds. The summed E-state index contributed by atoms with van der Waals surface area (Å²) in [6.45, 7) is 6.95. The molecule has 1 heterocycles. The van der Waals surface area contributed by atoms with Crippen molar-refractivity contribution in [2.24, 2.45) is 5.41 Å². The molecule has 0 aliphatic heterocycles. The summed E-state index contributed by atoms with van der Waals surface area (Å²) in [5, 5.41) is 2.87. The van der Waals surface area contributed by atoms with Crippen LogP contribution in [0.25, 0.3) is 0 Å². The van der Waals surface area contributed by atoms with Gasteiger partial charge in [-0.25, -0.2) is 4.98 Å². The molecule has 0 aromatic carbocycles. The predicted octanol–water partition coefficient (Wildman–Crippen LogP) is 1.64. The van der Waals surface area contributed by atoms with E-state index < -0.39 is 0 Å². The van der Waals surface area contributed by atoms with E-state index in [1.54, 1.807) is 25.2 Å². The van der Waals surface area contributed by atoms with Crippen LogP contribution in [0.4, 0.5) is 5.82 Å². The van der Waals surface area contributed by atoms with Gasteiger partial charge in [-0.15, -0.1) is 0 Å². The van der Waals surface area contributed by atoms with Crippen LogP contribution in [-0.2, 0) is 0 Å². The lowest BCUT2D eigenvalue weighted by Crippen LogP contribution is -2.35. The summed E-state index contributed by atoms with van der Waals surface area (Å²) in [6, 6.07) is 0. The van der Waals surface area contributed by atoms with E-state index in [9.17, 15) is 4.79 Å². The third-order valence-electron chi connectivity index (χ3n) is 2.17. The molecule has 0 aliphatic carbocycles. The van der Waals surface area contributed by atoms with E-state index >= 15 is 0 Å². The van der Waals surface area contributed by atoms with Crippen LogP contribution in [0.5, 0.6) is 0 Å². The zero-order valence-electron chi connectivity index (χ0n) is 11.1. The first kappa shape index (κ1) is 13.4. The first-order valence-corrected chi connectivity index (χ1v) is 5.59. The molecule has 1 aromatic rings. The van der Waals surface area contributed by atoms with E-state index in [-0.39, 0.29) is 11.3 Å². The Labute approximate surface area is 102 Å². The molecule has 0 unspecified atom stereocenters. The van der Waals surface area contributed by atoms with Gasteiger partial charge >= 0.3 is 0 Å². The van der Waals surface area contributed by atoms with Crippen molar-refractivity contribution in [3.05, 3.63) is 18.1 Å². The molecule has 5 heteroatoms. The Morgan fingerprint density at radius 3 is 2.59 bits per heavy atom. The minimum atomic E-state index is -0.107. The monoisotopic (exact) mass is 236 g/mol. The summed E-state index contributed by atoms with van der Waals surface area (Å²) in [4.78, 5) is 21.9. The summed E-state index contributed by atoms with van der Waals surface area (Å²) in [6.07, 6.45) is 3.07. The van der Waals surface area contributed by atoms with Crippen molar-refractivity contribution < 1.29 is 4.79 Å². The molecule has 94 valence electrons. The van der Waals surface area contributed by atoms with Gasteiger partial charge in [0.25, 0.3) is 5.91 Å². The van der Waals surface area contributed by atoms with Crippen molar-refractivity contribution in [3.63, 3.8) is 0 Å². The second-order valence-electron chi connectivity index (χ2n) is 5.26. The van der Waals surface area contributed by atoms with Gasteiger partial charge in [0.1, 0.15) is 11.5 Å². The maximum Gasteiger partial charge on any atom is 0.273 e. The van der Waals surface area contributed by atoms with Crippen LogP contribution in [0.15, 0.2) is 12.4 Å². The molecule has 0 saturated carbocycles. The SMILES string of the molecule is CNc1cncc(C(=O)N(C)CC(C)(C)C)n1. The zero-order chi connectivity index (χ0) is 13.1. The maximum atomic E-state index is 12.1. The second kappa shape index (κ2) is 5.12. The number of hydrogen-bond acceptors (Lipinski definition) is 4. The van der Waals surface area contributed by atoms with E-state index in [0.717, 1.165) is 0 Å². The number of anilines is 1. The largest absolute Gasteiger partial charge is 0.372 e. The van der Waals surface area contributed by atoms with Gasteiger partial charge in [0.2, 0.25) is 0 Å². The van der Waals surface area contributed by atoms with Crippen LogP contribution >= 0.6 is 0 Å². The Bertz CT molecular complexity index is 398. The minimum Gasteiger partial charge on any atom is -0.372 e. The van der Waals surface area contributed by atoms with E-state index in [1.165, 1.54) is 6.20 Å². The zero-order valence-corrected chi connectivity index (χ0v) is 11.1. The molecule has 0 bridgehead atoms. The number of amides is 1. The molecule has 1 N–H and O–H groups in total. The number of rotatable bonds is 3. The van der Waals surface area contributed by atoms with Crippen molar-refractivity contribution >= 4 is 11.7 Å². The van der Waals surface area contributed by atoms with Gasteiger partial charge in [0.05, 0.1) is 12.4 Å². The first-order valence-electron chi connectivity index (χ1n) is 5.59. The normalized spacial score (nSPS) is 11.1. The Balaban J connectivity index is 2.81. The standard InChI is InChI=1S/C12H20N4O/c1-12(2,3)8-16(5)11(17)9-6-14-7-10(13-4)15-9/h6-7H,8H2,1-5H3,(H,13,15). The third-order valence-corrected chi connectivity index (χ3v) is 2.17. The minimum absolute atomic E-state index is 0.0679. The summed E-state index contributed by atoms with van der Waals surface area (Å²) >= 11 is 0. The average Bonchev–Trinajstić information content (AvgIpc) is 2.26. The highest BCUT2D eigenvalue weighted by molar-refractivity contribution is 5.92. The molecule has 0 spiro atoms. The van der Waals surface area contributed by atoms with Gasteiger partial charge in [-0.05, 0) is 5.41 Å². The van der Waals surface area contributed by atoms with Crippen molar-refractivity contribution in [3.8, 4) is 0 Å². The highest BCUT2D eigenvalue weighted by Gasteiger charge is 2.20. The fraction of sp³-hybridized carbons (Fsp3) is 0.583. The lowest BCUT2D eigenvalue weighted by atomic mass is 9.96. The third kappa shape index (κ3) is 4.01. The highest BCUT2D eigenvalue weighted by atomic mass is 16.2. The molecular weight excluding hydrogens is 216 g/mol. The molecule has 0 fully saturated rings. The maximum absolute atomic E-state index is 12.1. The molecule has 0 aliphatic rings. The van der Waals surface area contributed by atoms with Gasteiger partial charge < -0.3 is 10.2 Å².